The predicted octanol–water partition coefficient (Wildman–Crippen LogP) is 10.5. The molecule has 4 nitrogen and oxygen atoms in total. The van der Waals surface area contributed by atoms with Crippen LogP contribution in [0.15, 0.2) is 103 Å². The van der Waals surface area contributed by atoms with E-state index in [9.17, 15) is 0 Å². The molecule has 1 unspecified atom stereocenters. The third-order valence-electron chi connectivity index (χ3n) is 11.9. The Hall–Kier alpha value is -4.54. The van der Waals surface area contributed by atoms with Gasteiger partial charge in [-0.15, -0.1) is 0 Å². The van der Waals surface area contributed by atoms with Crippen LogP contribution in [0.1, 0.15) is 74.8 Å². The summed E-state index contributed by atoms with van der Waals surface area (Å²) < 4.78 is 18.9. The van der Waals surface area contributed by atoms with Gasteiger partial charge in [0, 0.05) is 46.3 Å². The first-order chi connectivity index (χ1) is 24.1. The molecule has 9 rings (SSSR count). The topological polar surface area (TPSA) is 30.9 Å². The molecule has 1 saturated carbocycles. The predicted molar refractivity (Wildman–Crippen MR) is 204 cm³/mol. The molecule has 5 aromatic rings. The second-order valence-corrected chi connectivity index (χ2v) is 16.6. The van der Waals surface area contributed by atoms with Crippen molar-refractivity contribution in [3.05, 3.63) is 131 Å². The van der Waals surface area contributed by atoms with E-state index >= 15 is 0 Å². The van der Waals surface area contributed by atoms with Crippen LogP contribution >= 0.6 is 0 Å². The van der Waals surface area contributed by atoms with E-state index in [0.29, 0.717) is 0 Å². The van der Waals surface area contributed by atoms with Crippen LogP contribution in [0.3, 0.4) is 0 Å². The van der Waals surface area contributed by atoms with E-state index < -0.39 is 5.60 Å². The molecular formula is C46H47NO3. The lowest BCUT2D eigenvalue weighted by Gasteiger charge is -2.52. The molecule has 1 saturated heterocycles. The summed E-state index contributed by atoms with van der Waals surface area (Å²) >= 11 is 0. The maximum Gasteiger partial charge on any atom is 0.178 e. The molecule has 0 aromatic heterocycles. The van der Waals surface area contributed by atoms with Crippen molar-refractivity contribution >= 4 is 22.5 Å². The first-order valence-electron chi connectivity index (χ1n) is 18.3. The van der Waals surface area contributed by atoms with E-state index in [1.54, 1.807) is 7.11 Å². The zero-order valence-electron chi connectivity index (χ0n) is 30.0. The quantitative estimate of drug-likeness (QED) is 0.192. The number of fused-ring (bicyclic) bond motifs is 10. The third-order valence-corrected chi connectivity index (χ3v) is 11.9. The number of rotatable bonds is 4. The van der Waals surface area contributed by atoms with Crippen molar-refractivity contribution in [1.82, 2.24) is 0 Å². The Morgan fingerprint density at radius 3 is 1.98 bits per heavy atom. The molecule has 2 aliphatic heterocycles. The molecule has 0 radical (unpaired) electrons. The minimum atomic E-state index is -0.830. The smallest absolute Gasteiger partial charge is 0.178 e. The summed E-state index contributed by atoms with van der Waals surface area (Å²) in [6.07, 6.45) is 8.16. The second-order valence-electron chi connectivity index (χ2n) is 16.6. The fourth-order valence-corrected chi connectivity index (χ4v) is 10.7. The van der Waals surface area contributed by atoms with Crippen molar-refractivity contribution in [2.75, 3.05) is 38.3 Å². The molecule has 0 N–H and O–H groups in total. The standard InChI is InChI=1S/C46H47NO3/c1-43(2)28-44(3,4)30-45(29-43)39-13-9-8-12-37(39)40-35-10-6-7-11-36(35)42-38(41(40)45)22-23-46(50-42,32-16-20-34(48-5)21-17-32)31-14-18-33(19-15-31)47-24-26-49-27-25-47/h6-23H,24-30H2,1-5H3. The van der Waals surface area contributed by atoms with Gasteiger partial charge in [0.2, 0.25) is 0 Å². The summed E-state index contributed by atoms with van der Waals surface area (Å²) in [4.78, 5) is 2.40. The second kappa shape index (κ2) is 11.2. The maximum absolute atomic E-state index is 7.66. The largest absolute Gasteiger partial charge is 0.497 e. The molecule has 4 heteroatoms. The van der Waals surface area contributed by atoms with Crippen LogP contribution in [-0.4, -0.2) is 33.4 Å². The Labute approximate surface area is 296 Å². The highest BCUT2D eigenvalue weighted by Gasteiger charge is 2.55. The Morgan fingerprint density at radius 2 is 1.30 bits per heavy atom. The van der Waals surface area contributed by atoms with Gasteiger partial charge in [-0.05, 0) is 88.1 Å². The van der Waals surface area contributed by atoms with E-state index in [-0.39, 0.29) is 16.2 Å². The van der Waals surface area contributed by atoms with Crippen LogP contribution in [0.5, 0.6) is 11.5 Å². The fourth-order valence-electron chi connectivity index (χ4n) is 10.7. The number of benzene rings is 5. The van der Waals surface area contributed by atoms with Crippen molar-refractivity contribution < 1.29 is 14.2 Å². The Kier molecular flexibility index (Phi) is 7.06. The van der Waals surface area contributed by atoms with Gasteiger partial charge in [0.1, 0.15) is 11.5 Å². The Bertz CT molecular complexity index is 2120. The van der Waals surface area contributed by atoms with E-state index in [4.69, 9.17) is 14.2 Å². The normalized spacial score (nSPS) is 22.5. The van der Waals surface area contributed by atoms with Crippen LogP contribution in [0.2, 0.25) is 0 Å². The number of morpholine rings is 1. The number of hydrogen-bond donors (Lipinski definition) is 0. The summed E-state index contributed by atoms with van der Waals surface area (Å²) in [6, 6.07) is 35.6. The Morgan fingerprint density at radius 1 is 0.680 bits per heavy atom. The fraction of sp³-hybridized carbons (Fsp3) is 0.348. The number of hydrogen-bond acceptors (Lipinski definition) is 4. The van der Waals surface area contributed by atoms with Crippen LogP contribution < -0.4 is 14.4 Å². The molecule has 2 fully saturated rings. The van der Waals surface area contributed by atoms with E-state index in [1.165, 1.54) is 45.3 Å². The molecule has 5 aromatic carbocycles. The van der Waals surface area contributed by atoms with Crippen molar-refractivity contribution in [2.24, 2.45) is 10.8 Å². The molecule has 2 heterocycles. The summed E-state index contributed by atoms with van der Waals surface area (Å²) in [6.45, 7) is 13.2. The van der Waals surface area contributed by atoms with Crippen LogP contribution in [0.25, 0.3) is 28.0 Å². The third kappa shape index (κ3) is 4.75. The van der Waals surface area contributed by atoms with Gasteiger partial charge in [-0.2, -0.15) is 0 Å². The van der Waals surface area contributed by atoms with Gasteiger partial charge in [0.05, 0.1) is 20.3 Å². The number of anilines is 1. The summed E-state index contributed by atoms with van der Waals surface area (Å²) in [7, 11) is 1.72. The van der Waals surface area contributed by atoms with Crippen molar-refractivity contribution in [3.63, 3.8) is 0 Å². The SMILES string of the molecule is COc1ccc(C2(c3ccc(N4CCOCC4)cc3)C=Cc3c4c(c5ccccc5c3O2)-c2ccccc2C42CC(C)(C)CC(C)(C)C2)cc1. The van der Waals surface area contributed by atoms with Crippen LogP contribution in [-0.2, 0) is 15.8 Å². The maximum atomic E-state index is 7.66. The van der Waals surface area contributed by atoms with Crippen molar-refractivity contribution in [3.8, 4) is 22.6 Å². The number of nitrogens with zero attached hydrogens (tertiary/aromatic N) is 1. The summed E-state index contributed by atoms with van der Waals surface area (Å²) in [5.41, 5.74) is 9.76. The van der Waals surface area contributed by atoms with Crippen LogP contribution in [0.4, 0.5) is 5.69 Å². The average Bonchev–Trinajstić information content (AvgIpc) is 3.39. The van der Waals surface area contributed by atoms with Gasteiger partial charge in [0.15, 0.2) is 5.60 Å². The van der Waals surface area contributed by atoms with Gasteiger partial charge >= 0.3 is 0 Å². The van der Waals surface area contributed by atoms with E-state index in [0.717, 1.165) is 67.2 Å². The van der Waals surface area contributed by atoms with E-state index in [2.05, 4.69) is 130 Å². The Balaban J connectivity index is 1.29. The lowest BCUT2D eigenvalue weighted by atomic mass is 9.52. The number of methoxy groups -OCH3 is 1. The molecule has 0 bridgehead atoms. The first-order valence-corrected chi connectivity index (χ1v) is 18.3. The highest BCUT2D eigenvalue weighted by atomic mass is 16.5. The summed E-state index contributed by atoms with van der Waals surface area (Å²) in [5.74, 6) is 1.81. The zero-order valence-corrected chi connectivity index (χ0v) is 30.0. The lowest BCUT2D eigenvalue weighted by Crippen LogP contribution is -2.44. The summed E-state index contributed by atoms with van der Waals surface area (Å²) in [5, 5.41) is 2.43. The molecule has 2 aliphatic carbocycles. The van der Waals surface area contributed by atoms with Gasteiger partial charge in [-0.25, -0.2) is 0 Å². The minimum Gasteiger partial charge on any atom is -0.497 e. The molecule has 1 atom stereocenters. The van der Waals surface area contributed by atoms with Gasteiger partial charge < -0.3 is 19.1 Å². The van der Waals surface area contributed by atoms with Crippen molar-refractivity contribution in [1.29, 1.82) is 0 Å². The van der Waals surface area contributed by atoms with Gasteiger partial charge in [-0.3, -0.25) is 0 Å². The first kappa shape index (κ1) is 31.4. The molecule has 254 valence electrons. The number of ether oxygens (including phenoxy) is 3. The van der Waals surface area contributed by atoms with E-state index in [1.807, 2.05) is 12.1 Å². The highest BCUT2D eigenvalue weighted by molar-refractivity contribution is 6.08. The molecule has 1 spiro atoms. The van der Waals surface area contributed by atoms with Crippen molar-refractivity contribution in [2.45, 2.75) is 58.0 Å². The minimum absolute atomic E-state index is 0.112. The lowest BCUT2D eigenvalue weighted by molar-refractivity contribution is 0.0642. The molecular weight excluding hydrogens is 615 g/mol. The average molecular weight is 662 g/mol. The monoisotopic (exact) mass is 661 g/mol. The zero-order chi connectivity index (χ0) is 34.3. The van der Waals surface area contributed by atoms with Gasteiger partial charge in [-0.1, -0.05) is 107 Å². The molecule has 0 amide bonds. The van der Waals surface area contributed by atoms with Crippen LogP contribution in [0, 0.1) is 10.8 Å². The molecule has 50 heavy (non-hydrogen) atoms. The van der Waals surface area contributed by atoms with Gasteiger partial charge in [0.25, 0.3) is 0 Å². The molecule has 4 aliphatic rings. The highest BCUT2D eigenvalue weighted by Crippen LogP contribution is 2.66.